The van der Waals surface area contributed by atoms with Crippen LogP contribution < -0.4 is 10.2 Å². The van der Waals surface area contributed by atoms with E-state index in [1.54, 1.807) is 4.90 Å². The summed E-state index contributed by atoms with van der Waals surface area (Å²) in [5.74, 6) is 0.352. The van der Waals surface area contributed by atoms with Crippen LogP contribution in [0.15, 0.2) is 29.6 Å². The fraction of sp³-hybridized carbons (Fsp3) is 0.522. The number of hydrogen-bond acceptors (Lipinski definition) is 5. The van der Waals surface area contributed by atoms with Crippen molar-refractivity contribution in [1.82, 2.24) is 9.88 Å². The predicted molar refractivity (Wildman–Crippen MR) is 121 cm³/mol. The highest BCUT2D eigenvalue weighted by Crippen LogP contribution is 2.29. The number of carbonyl (C=O) groups is 2. The molecule has 3 heterocycles. The number of para-hydroxylation sites is 1. The Bertz CT molecular complexity index is 904. The van der Waals surface area contributed by atoms with Gasteiger partial charge in [-0.25, -0.2) is 4.98 Å². The van der Waals surface area contributed by atoms with E-state index in [1.807, 2.05) is 29.6 Å². The highest BCUT2D eigenvalue weighted by molar-refractivity contribution is 7.13. The van der Waals surface area contributed by atoms with Gasteiger partial charge in [-0.1, -0.05) is 32.0 Å². The number of benzene rings is 1. The Balaban J connectivity index is 1.34. The summed E-state index contributed by atoms with van der Waals surface area (Å²) in [7, 11) is 0. The van der Waals surface area contributed by atoms with Gasteiger partial charge in [-0.3, -0.25) is 14.5 Å². The van der Waals surface area contributed by atoms with Gasteiger partial charge in [0.25, 0.3) is 0 Å². The molecule has 1 aromatic heterocycles. The van der Waals surface area contributed by atoms with Crippen molar-refractivity contribution in [3.63, 3.8) is 0 Å². The second-order valence-corrected chi connectivity index (χ2v) is 9.34. The van der Waals surface area contributed by atoms with E-state index >= 15 is 0 Å². The number of aromatic nitrogens is 1. The number of nitrogens with zero attached hydrogens (tertiary/aromatic N) is 3. The fourth-order valence-electron chi connectivity index (χ4n) is 4.28. The van der Waals surface area contributed by atoms with Gasteiger partial charge in [0.15, 0.2) is 5.13 Å². The zero-order valence-electron chi connectivity index (χ0n) is 17.8. The number of amides is 2. The Kier molecular flexibility index (Phi) is 6.49. The predicted octanol–water partition coefficient (Wildman–Crippen LogP) is 3.93. The summed E-state index contributed by atoms with van der Waals surface area (Å²) >= 11 is 1.46. The van der Waals surface area contributed by atoms with Crippen molar-refractivity contribution >= 4 is 34.0 Å². The van der Waals surface area contributed by atoms with E-state index in [-0.39, 0.29) is 24.2 Å². The van der Waals surface area contributed by atoms with Crippen LogP contribution in [0.2, 0.25) is 0 Å². The van der Waals surface area contributed by atoms with Gasteiger partial charge in [0, 0.05) is 30.6 Å². The monoisotopic (exact) mass is 426 g/mol. The van der Waals surface area contributed by atoms with Gasteiger partial charge in [-0.15, -0.1) is 11.3 Å². The number of rotatable bonds is 6. The molecular formula is C23H30N4O2S. The van der Waals surface area contributed by atoms with Crippen molar-refractivity contribution in [3.05, 3.63) is 40.9 Å². The van der Waals surface area contributed by atoms with E-state index in [2.05, 4.69) is 29.0 Å². The summed E-state index contributed by atoms with van der Waals surface area (Å²) in [4.78, 5) is 34.2. The molecule has 0 aliphatic carbocycles. The number of thiazole rings is 1. The summed E-state index contributed by atoms with van der Waals surface area (Å²) in [6.45, 7) is 7.87. The lowest BCUT2D eigenvalue weighted by Crippen LogP contribution is -2.32. The first kappa shape index (κ1) is 21.0. The van der Waals surface area contributed by atoms with Crippen molar-refractivity contribution in [2.24, 2.45) is 11.8 Å². The quantitative estimate of drug-likeness (QED) is 0.760. The minimum absolute atomic E-state index is 0.00945. The molecule has 1 aromatic carbocycles. The molecule has 0 spiro atoms. The first-order valence-corrected chi connectivity index (χ1v) is 11.8. The molecule has 2 fully saturated rings. The van der Waals surface area contributed by atoms with Crippen molar-refractivity contribution in [2.45, 2.75) is 46.1 Å². The maximum atomic E-state index is 12.8. The summed E-state index contributed by atoms with van der Waals surface area (Å²) in [5, 5.41) is 5.59. The topological polar surface area (TPSA) is 65.5 Å². The molecule has 2 amide bonds. The largest absolute Gasteiger partial charge is 0.311 e. The fourth-order valence-corrected chi connectivity index (χ4v) is 4.99. The third-order valence-corrected chi connectivity index (χ3v) is 7.01. The second kappa shape index (κ2) is 9.27. The molecule has 7 heteroatoms. The van der Waals surface area contributed by atoms with E-state index in [0.29, 0.717) is 11.7 Å². The van der Waals surface area contributed by atoms with Crippen molar-refractivity contribution in [3.8, 4) is 0 Å². The lowest BCUT2D eigenvalue weighted by atomic mass is 9.99. The van der Waals surface area contributed by atoms with Gasteiger partial charge in [0.2, 0.25) is 11.8 Å². The van der Waals surface area contributed by atoms with E-state index < -0.39 is 0 Å². The van der Waals surface area contributed by atoms with Gasteiger partial charge in [0.05, 0.1) is 11.6 Å². The molecule has 30 heavy (non-hydrogen) atoms. The number of likely N-dealkylation sites (tertiary alicyclic amines) is 1. The normalized spacial score (nSPS) is 20.7. The zero-order chi connectivity index (χ0) is 21.1. The Morgan fingerprint density at radius 3 is 2.80 bits per heavy atom. The van der Waals surface area contributed by atoms with Crippen LogP contribution in [0.4, 0.5) is 10.8 Å². The van der Waals surface area contributed by atoms with Gasteiger partial charge >= 0.3 is 0 Å². The van der Waals surface area contributed by atoms with Crippen LogP contribution in [0.1, 0.15) is 44.4 Å². The van der Waals surface area contributed by atoms with Crippen LogP contribution in [0.3, 0.4) is 0 Å². The van der Waals surface area contributed by atoms with Crippen LogP contribution in [0.5, 0.6) is 0 Å². The molecule has 0 bridgehead atoms. The van der Waals surface area contributed by atoms with E-state index in [9.17, 15) is 9.59 Å². The van der Waals surface area contributed by atoms with Crippen LogP contribution in [0.25, 0.3) is 0 Å². The molecule has 2 aromatic rings. The number of carbonyl (C=O) groups excluding carboxylic acids is 2. The second-order valence-electron chi connectivity index (χ2n) is 8.48. The average Bonchev–Trinajstić information content (AvgIpc) is 3.36. The minimum atomic E-state index is -0.349. The van der Waals surface area contributed by atoms with E-state index in [4.69, 9.17) is 0 Å². The third-order valence-electron chi connectivity index (χ3n) is 6.20. The number of anilines is 2. The Labute approximate surface area is 182 Å². The highest BCUT2D eigenvalue weighted by Gasteiger charge is 2.36. The molecule has 4 rings (SSSR count). The molecule has 2 aliphatic rings. The number of hydrogen-bond donors (Lipinski definition) is 1. The highest BCUT2D eigenvalue weighted by atomic mass is 32.1. The first-order chi connectivity index (χ1) is 14.5. The molecule has 1 N–H and O–H groups in total. The third kappa shape index (κ3) is 4.73. The summed E-state index contributed by atoms with van der Waals surface area (Å²) < 4.78 is 0. The van der Waals surface area contributed by atoms with Crippen LogP contribution in [-0.2, 0) is 22.6 Å². The number of piperidine rings is 1. The lowest BCUT2D eigenvalue weighted by Gasteiger charge is -2.29. The summed E-state index contributed by atoms with van der Waals surface area (Å²) in [6, 6.07) is 7.93. The van der Waals surface area contributed by atoms with Crippen LogP contribution in [-0.4, -0.2) is 41.3 Å². The van der Waals surface area contributed by atoms with Crippen molar-refractivity contribution < 1.29 is 9.59 Å². The summed E-state index contributed by atoms with van der Waals surface area (Å²) in [5.41, 5.74) is 3.06. The van der Waals surface area contributed by atoms with Crippen LogP contribution >= 0.6 is 11.3 Å². The van der Waals surface area contributed by atoms with E-state index in [0.717, 1.165) is 48.9 Å². The lowest BCUT2D eigenvalue weighted by molar-refractivity contribution is -0.122. The first-order valence-electron chi connectivity index (χ1n) is 10.9. The SMILES string of the molecule is CCc1ccccc1N1CC(C(=O)Nc2nc(CN3CCC(C)CC3)cs2)CC1=O. The molecule has 0 radical (unpaired) electrons. The maximum Gasteiger partial charge on any atom is 0.231 e. The van der Waals surface area contributed by atoms with E-state index in [1.165, 1.54) is 24.2 Å². The molecular weight excluding hydrogens is 396 g/mol. The standard InChI is InChI=1S/C23H30N4O2S/c1-3-17-6-4-5-7-20(17)27-13-18(12-21(27)28)22(29)25-23-24-19(15-30-23)14-26-10-8-16(2)9-11-26/h4-7,15-16,18H,3,8-14H2,1-2H3,(H,24,25,29). The molecule has 2 saturated heterocycles. The van der Waals surface area contributed by atoms with Gasteiger partial charge in [-0.2, -0.15) is 0 Å². The van der Waals surface area contributed by atoms with Gasteiger partial charge < -0.3 is 10.2 Å². The average molecular weight is 427 g/mol. The number of aryl methyl sites for hydroxylation is 1. The zero-order valence-corrected chi connectivity index (χ0v) is 18.6. The van der Waals surface area contributed by atoms with Gasteiger partial charge in [0.1, 0.15) is 0 Å². The Hall–Kier alpha value is -2.25. The molecule has 0 saturated carbocycles. The van der Waals surface area contributed by atoms with Gasteiger partial charge in [-0.05, 0) is 49.9 Å². The molecule has 6 nitrogen and oxygen atoms in total. The van der Waals surface area contributed by atoms with Crippen LogP contribution in [0, 0.1) is 11.8 Å². The minimum Gasteiger partial charge on any atom is -0.311 e. The Morgan fingerprint density at radius 1 is 1.27 bits per heavy atom. The smallest absolute Gasteiger partial charge is 0.231 e. The molecule has 160 valence electrons. The molecule has 1 unspecified atom stereocenters. The summed E-state index contributed by atoms with van der Waals surface area (Å²) in [6.07, 6.45) is 3.57. The Morgan fingerprint density at radius 2 is 2.03 bits per heavy atom. The van der Waals surface area contributed by atoms with Crippen molar-refractivity contribution in [2.75, 3.05) is 29.9 Å². The molecule has 1 atom stereocenters. The maximum absolute atomic E-state index is 12.8. The number of nitrogens with one attached hydrogen (secondary N) is 1. The van der Waals surface area contributed by atoms with Crippen molar-refractivity contribution in [1.29, 1.82) is 0 Å². The molecule has 2 aliphatic heterocycles.